The highest BCUT2D eigenvalue weighted by Crippen LogP contribution is 2.37. The molecule has 2 fully saturated rings. The Morgan fingerprint density at radius 1 is 1.27 bits per heavy atom. The van der Waals surface area contributed by atoms with E-state index >= 15 is 0 Å². The van der Waals surface area contributed by atoms with E-state index in [1.165, 1.54) is 5.56 Å². The van der Waals surface area contributed by atoms with Crippen molar-refractivity contribution in [1.29, 1.82) is 0 Å². The SMILES string of the molecule is O=C(N[C@H]1C[C@@H](O)[C@@H]1n1cccn1)C1(Cc2ccccc2)CCOCC1. The summed E-state index contributed by atoms with van der Waals surface area (Å²) in [6, 6.07) is 11.7. The molecule has 2 aliphatic rings. The summed E-state index contributed by atoms with van der Waals surface area (Å²) in [4.78, 5) is 13.3. The van der Waals surface area contributed by atoms with E-state index in [4.69, 9.17) is 4.74 Å². The molecule has 1 aliphatic carbocycles. The zero-order valence-electron chi connectivity index (χ0n) is 14.8. The molecule has 6 heteroatoms. The van der Waals surface area contributed by atoms with Gasteiger partial charge in [0, 0.05) is 25.6 Å². The van der Waals surface area contributed by atoms with Crippen LogP contribution in [0.25, 0.3) is 0 Å². The maximum absolute atomic E-state index is 13.3. The topological polar surface area (TPSA) is 76.4 Å². The third-order valence-corrected chi connectivity index (χ3v) is 5.77. The first kappa shape index (κ1) is 17.2. The van der Waals surface area contributed by atoms with Gasteiger partial charge in [-0.3, -0.25) is 9.48 Å². The zero-order chi connectivity index (χ0) is 18.0. The monoisotopic (exact) mass is 355 g/mol. The predicted octanol–water partition coefficient (Wildman–Crippen LogP) is 1.71. The van der Waals surface area contributed by atoms with E-state index in [0.29, 0.717) is 26.1 Å². The third kappa shape index (κ3) is 3.27. The van der Waals surface area contributed by atoms with Crippen LogP contribution in [0.15, 0.2) is 48.8 Å². The minimum Gasteiger partial charge on any atom is -0.391 e. The molecule has 4 rings (SSSR count). The van der Waals surface area contributed by atoms with Crippen molar-refractivity contribution in [2.45, 2.75) is 43.9 Å². The van der Waals surface area contributed by atoms with Crippen molar-refractivity contribution in [3.05, 3.63) is 54.4 Å². The van der Waals surface area contributed by atoms with E-state index in [1.807, 2.05) is 30.5 Å². The summed E-state index contributed by atoms with van der Waals surface area (Å²) in [5, 5.41) is 17.6. The van der Waals surface area contributed by atoms with Gasteiger partial charge in [0.2, 0.25) is 5.91 Å². The fourth-order valence-corrected chi connectivity index (χ4v) is 4.13. The number of rotatable bonds is 5. The summed E-state index contributed by atoms with van der Waals surface area (Å²) >= 11 is 0. The first-order valence-electron chi connectivity index (χ1n) is 9.28. The Morgan fingerprint density at radius 2 is 2.04 bits per heavy atom. The van der Waals surface area contributed by atoms with Crippen LogP contribution in [0.4, 0.5) is 0 Å². The lowest BCUT2D eigenvalue weighted by molar-refractivity contribution is -0.140. The molecule has 6 nitrogen and oxygen atoms in total. The number of ether oxygens (including phenoxy) is 1. The first-order chi connectivity index (χ1) is 12.7. The standard InChI is InChI=1S/C20H25N3O3/c24-17-13-16(18(17)23-10-4-9-21-23)22-19(25)20(7-11-26-12-8-20)14-15-5-2-1-3-6-15/h1-6,9-10,16-18,24H,7-8,11-14H2,(H,22,25)/t16-,17+,18+/m0/s1. The lowest BCUT2D eigenvalue weighted by Gasteiger charge is -2.44. The van der Waals surface area contributed by atoms with E-state index in [9.17, 15) is 9.90 Å². The second-order valence-corrected chi connectivity index (χ2v) is 7.41. The minimum absolute atomic E-state index is 0.0682. The highest BCUT2D eigenvalue weighted by molar-refractivity contribution is 5.83. The van der Waals surface area contributed by atoms with Gasteiger partial charge in [-0.05, 0) is 37.3 Å². The van der Waals surface area contributed by atoms with Gasteiger partial charge < -0.3 is 15.2 Å². The predicted molar refractivity (Wildman–Crippen MR) is 96.5 cm³/mol. The maximum atomic E-state index is 13.3. The Bertz CT molecular complexity index is 726. The van der Waals surface area contributed by atoms with Crippen LogP contribution < -0.4 is 5.32 Å². The van der Waals surface area contributed by atoms with Crippen molar-refractivity contribution in [3.8, 4) is 0 Å². The number of aliphatic hydroxyl groups is 1. The van der Waals surface area contributed by atoms with Gasteiger partial charge in [-0.2, -0.15) is 5.10 Å². The molecule has 26 heavy (non-hydrogen) atoms. The van der Waals surface area contributed by atoms with Crippen molar-refractivity contribution in [2.24, 2.45) is 5.41 Å². The fourth-order valence-electron chi connectivity index (χ4n) is 4.13. The molecule has 1 aliphatic heterocycles. The molecular formula is C20H25N3O3. The summed E-state index contributed by atoms with van der Waals surface area (Å²) in [6.07, 6.45) is 5.77. The average Bonchev–Trinajstić information content (AvgIpc) is 3.16. The summed E-state index contributed by atoms with van der Waals surface area (Å²) < 4.78 is 7.26. The zero-order valence-corrected chi connectivity index (χ0v) is 14.8. The van der Waals surface area contributed by atoms with Gasteiger partial charge in [-0.15, -0.1) is 0 Å². The van der Waals surface area contributed by atoms with Gasteiger partial charge in [0.15, 0.2) is 0 Å². The number of aliphatic hydroxyl groups excluding tert-OH is 1. The molecule has 1 aromatic carbocycles. The van der Waals surface area contributed by atoms with E-state index < -0.39 is 11.5 Å². The first-order valence-corrected chi connectivity index (χ1v) is 9.28. The second kappa shape index (κ2) is 7.21. The molecule has 1 aromatic heterocycles. The number of carbonyl (C=O) groups excluding carboxylic acids is 1. The number of nitrogens with zero attached hydrogens (tertiary/aromatic N) is 2. The average molecular weight is 355 g/mol. The van der Waals surface area contributed by atoms with E-state index in [1.54, 1.807) is 10.9 Å². The summed E-state index contributed by atoms with van der Waals surface area (Å²) in [7, 11) is 0. The van der Waals surface area contributed by atoms with Gasteiger partial charge in [0.25, 0.3) is 0 Å². The quantitative estimate of drug-likeness (QED) is 0.856. The number of hydrogen-bond acceptors (Lipinski definition) is 4. The van der Waals surface area contributed by atoms with Crippen LogP contribution in [0.1, 0.15) is 30.9 Å². The summed E-state index contributed by atoms with van der Waals surface area (Å²) in [6.45, 7) is 1.21. The van der Waals surface area contributed by atoms with Crippen LogP contribution >= 0.6 is 0 Å². The van der Waals surface area contributed by atoms with Crippen molar-refractivity contribution in [1.82, 2.24) is 15.1 Å². The second-order valence-electron chi connectivity index (χ2n) is 7.41. The smallest absolute Gasteiger partial charge is 0.227 e. The van der Waals surface area contributed by atoms with Crippen LogP contribution in [0, 0.1) is 5.41 Å². The van der Waals surface area contributed by atoms with Gasteiger partial charge in [0.05, 0.1) is 23.6 Å². The molecule has 1 saturated carbocycles. The number of hydrogen-bond donors (Lipinski definition) is 2. The molecular weight excluding hydrogens is 330 g/mol. The minimum atomic E-state index is -0.472. The van der Waals surface area contributed by atoms with Crippen LogP contribution in [-0.4, -0.2) is 46.2 Å². The molecule has 1 amide bonds. The van der Waals surface area contributed by atoms with Crippen LogP contribution in [0.3, 0.4) is 0 Å². The molecule has 0 bridgehead atoms. The molecule has 1 saturated heterocycles. The Morgan fingerprint density at radius 3 is 2.69 bits per heavy atom. The van der Waals surface area contributed by atoms with Gasteiger partial charge >= 0.3 is 0 Å². The van der Waals surface area contributed by atoms with E-state index in [0.717, 1.165) is 12.8 Å². The highest BCUT2D eigenvalue weighted by atomic mass is 16.5. The highest BCUT2D eigenvalue weighted by Gasteiger charge is 2.47. The molecule has 2 aromatic rings. The van der Waals surface area contributed by atoms with Gasteiger partial charge in [-0.25, -0.2) is 0 Å². The van der Waals surface area contributed by atoms with Crippen LogP contribution in [0.5, 0.6) is 0 Å². The van der Waals surface area contributed by atoms with Crippen molar-refractivity contribution >= 4 is 5.91 Å². The van der Waals surface area contributed by atoms with Gasteiger partial charge in [0.1, 0.15) is 0 Å². The Hall–Kier alpha value is -2.18. The van der Waals surface area contributed by atoms with Crippen molar-refractivity contribution in [2.75, 3.05) is 13.2 Å². The Kier molecular flexibility index (Phi) is 4.78. The maximum Gasteiger partial charge on any atom is 0.227 e. The van der Waals surface area contributed by atoms with Crippen molar-refractivity contribution < 1.29 is 14.6 Å². The molecule has 2 N–H and O–H groups in total. The number of amides is 1. The number of benzene rings is 1. The lowest BCUT2D eigenvalue weighted by atomic mass is 9.73. The fraction of sp³-hybridized carbons (Fsp3) is 0.500. The molecule has 0 spiro atoms. The van der Waals surface area contributed by atoms with Crippen molar-refractivity contribution in [3.63, 3.8) is 0 Å². The number of aromatic nitrogens is 2. The van der Waals surface area contributed by atoms with E-state index in [2.05, 4.69) is 22.5 Å². The molecule has 0 radical (unpaired) electrons. The lowest BCUT2D eigenvalue weighted by Crippen LogP contribution is -2.59. The normalized spacial score (nSPS) is 27.5. The Labute approximate surface area is 153 Å². The van der Waals surface area contributed by atoms with E-state index in [-0.39, 0.29) is 18.0 Å². The number of carbonyl (C=O) groups is 1. The molecule has 3 atom stereocenters. The largest absolute Gasteiger partial charge is 0.391 e. The number of nitrogens with one attached hydrogen (secondary N) is 1. The summed E-state index contributed by atoms with van der Waals surface area (Å²) in [5.74, 6) is 0.0682. The Balaban J connectivity index is 1.50. The van der Waals surface area contributed by atoms with Gasteiger partial charge in [-0.1, -0.05) is 30.3 Å². The van der Waals surface area contributed by atoms with Crippen LogP contribution in [0.2, 0.25) is 0 Å². The summed E-state index contributed by atoms with van der Waals surface area (Å²) in [5.41, 5.74) is 0.719. The molecule has 0 unspecified atom stereocenters. The third-order valence-electron chi connectivity index (χ3n) is 5.77. The molecule has 2 heterocycles. The van der Waals surface area contributed by atoms with Crippen LogP contribution in [-0.2, 0) is 16.0 Å². The molecule has 138 valence electrons.